The van der Waals surface area contributed by atoms with Crippen molar-refractivity contribution in [2.24, 2.45) is 0 Å². The quantitative estimate of drug-likeness (QED) is 0.416. The fourth-order valence-electron chi connectivity index (χ4n) is 2.58. The van der Waals surface area contributed by atoms with Crippen LogP contribution in [0.25, 0.3) is 0 Å². The maximum atomic E-state index is 11.6. The Bertz CT molecular complexity index is 829. The summed E-state index contributed by atoms with van der Waals surface area (Å²) < 4.78 is 0. The molecule has 3 aromatic carbocycles. The van der Waals surface area contributed by atoms with Crippen LogP contribution in [0.3, 0.4) is 0 Å². The molecular formula is C20H14Cl4OS. The molecule has 3 rings (SSSR count). The monoisotopic (exact) mass is 442 g/mol. The molecule has 0 aromatic heterocycles. The second kappa shape index (κ2) is 8.43. The number of halogens is 4. The van der Waals surface area contributed by atoms with Crippen molar-refractivity contribution in [3.8, 4) is 0 Å². The number of aliphatic hydroxyl groups is 1. The van der Waals surface area contributed by atoms with E-state index in [2.05, 4.69) is 0 Å². The molecule has 26 heavy (non-hydrogen) atoms. The Morgan fingerprint density at radius 2 is 1.12 bits per heavy atom. The summed E-state index contributed by atoms with van der Waals surface area (Å²) in [6, 6.07) is 19.6. The van der Waals surface area contributed by atoms with Crippen LogP contribution in [-0.4, -0.2) is 10.9 Å². The zero-order chi connectivity index (χ0) is 18.7. The van der Waals surface area contributed by atoms with Crippen molar-refractivity contribution in [2.75, 3.05) is 5.75 Å². The van der Waals surface area contributed by atoms with Gasteiger partial charge in [0.2, 0.25) is 0 Å². The highest BCUT2D eigenvalue weighted by Gasteiger charge is 2.32. The third-order valence-corrected chi connectivity index (χ3v) is 6.64. The minimum atomic E-state index is -1.26. The van der Waals surface area contributed by atoms with E-state index < -0.39 is 5.60 Å². The second-order valence-electron chi connectivity index (χ2n) is 5.71. The number of hydrogen-bond acceptors (Lipinski definition) is 2. The lowest BCUT2D eigenvalue weighted by Gasteiger charge is -2.29. The summed E-state index contributed by atoms with van der Waals surface area (Å²) in [5, 5.41) is 13.9. The molecule has 0 aliphatic heterocycles. The van der Waals surface area contributed by atoms with Gasteiger partial charge >= 0.3 is 0 Å². The van der Waals surface area contributed by atoms with Gasteiger partial charge in [-0.25, -0.2) is 0 Å². The molecule has 0 unspecified atom stereocenters. The highest BCUT2D eigenvalue weighted by molar-refractivity contribution is 7.99. The highest BCUT2D eigenvalue weighted by atomic mass is 35.5. The zero-order valence-electron chi connectivity index (χ0n) is 13.4. The van der Waals surface area contributed by atoms with E-state index in [4.69, 9.17) is 46.4 Å². The molecule has 0 aliphatic rings. The molecule has 1 N–H and O–H groups in total. The van der Waals surface area contributed by atoms with Crippen molar-refractivity contribution in [3.05, 3.63) is 97.9 Å². The minimum Gasteiger partial charge on any atom is -0.380 e. The van der Waals surface area contributed by atoms with E-state index in [1.54, 1.807) is 42.5 Å². The van der Waals surface area contributed by atoms with Gasteiger partial charge in [-0.2, -0.15) is 0 Å². The minimum absolute atomic E-state index is 0.319. The van der Waals surface area contributed by atoms with Gasteiger partial charge in [0.25, 0.3) is 0 Å². The molecule has 0 heterocycles. The van der Waals surface area contributed by atoms with E-state index in [0.29, 0.717) is 25.8 Å². The first-order valence-electron chi connectivity index (χ1n) is 7.71. The van der Waals surface area contributed by atoms with Gasteiger partial charge in [-0.1, -0.05) is 76.7 Å². The van der Waals surface area contributed by atoms with E-state index in [0.717, 1.165) is 16.0 Å². The molecule has 6 heteroatoms. The lowest BCUT2D eigenvalue weighted by Crippen LogP contribution is -2.30. The van der Waals surface area contributed by atoms with E-state index in [1.165, 1.54) is 11.8 Å². The molecule has 3 aromatic rings. The van der Waals surface area contributed by atoms with Crippen LogP contribution in [0.4, 0.5) is 0 Å². The Labute approximate surface area is 176 Å². The van der Waals surface area contributed by atoms with Crippen LogP contribution < -0.4 is 0 Å². The van der Waals surface area contributed by atoms with Crippen molar-refractivity contribution in [3.63, 3.8) is 0 Å². The maximum absolute atomic E-state index is 11.6. The van der Waals surface area contributed by atoms with Crippen molar-refractivity contribution in [1.29, 1.82) is 0 Å². The highest BCUT2D eigenvalue weighted by Crippen LogP contribution is 2.40. The van der Waals surface area contributed by atoms with Gasteiger partial charge in [0.15, 0.2) is 0 Å². The third-order valence-electron chi connectivity index (χ3n) is 3.99. The Kier molecular flexibility index (Phi) is 6.45. The molecule has 0 aliphatic carbocycles. The lowest BCUT2D eigenvalue weighted by atomic mass is 9.88. The van der Waals surface area contributed by atoms with Gasteiger partial charge in [0.05, 0.1) is 10.0 Å². The largest absolute Gasteiger partial charge is 0.380 e. The fourth-order valence-corrected chi connectivity index (χ4v) is 4.66. The summed E-state index contributed by atoms with van der Waals surface area (Å²) in [7, 11) is 0. The zero-order valence-corrected chi connectivity index (χ0v) is 17.3. The van der Waals surface area contributed by atoms with Gasteiger partial charge in [0, 0.05) is 20.7 Å². The topological polar surface area (TPSA) is 20.2 Å². The summed E-state index contributed by atoms with van der Waals surface area (Å²) in [6.07, 6.45) is 0. The van der Waals surface area contributed by atoms with E-state index in [-0.39, 0.29) is 0 Å². The fraction of sp³-hybridized carbons (Fsp3) is 0.100. The Balaban J connectivity index is 2.00. The number of benzene rings is 3. The van der Waals surface area contributed by atoms with E-state index in [9.17, 15) is 5.11 Å². The van der Waals surface area contributed by atoms with Crippen LogP contribution in [0.15, 0.2) is 71.6 Å². The van der Waals surface area contributed by atoms with Crippen molar-refractivity contribution < 1.29 is 5.11 Å². The van der Waals surface area contributed by atoms with Crippen LogP contribution in [0.2, 0.25) is 20.1 Å². The van der Waals surface area contributed by atoms with Gasteiger partial charge in [0.1, 0.15) is 5.60 Å². The lowest BCUT2D eigenvalue weighted by molar-refractivity contribution is 0.108. The average molecular weight is 444 g/mol. The summed E-state index contributed by atoms with van der Waals surface area (Å²) in [5.41, 5.74) is 0.183. The summed E-state index contributed by atoms with van der Waals surface area (Å²) in [6.45, 7) is 0. The average Bonchev–Trinajstić information content (AvgIpc) is 2.62. The molecule has 0 amide bonds. The molecule has 1 nitrogen and oxygen atoms in total. The summed E-state index contributed by atoms with van der Waals surface area (Å²) in [4.78, 5) is 0.734. The molecule has 134 valence electrons. The summed E-state index contributed by atoms with van der Waals surface area (Å²) in [5.74, 6) is 0.319. The molecule has 0 saturated carbocycles. The van der Waals surface area contributed by atoms with Gasteiger partial charge in [-0.3, -0.25) is 0 Å². The van der Waals surface area contributed by atoms with E-state index in [1.807, 2.05) is 24.3 Å². The normalized spacial score (nSPS) is 11.6. The van der Waals surface area contributed by atoms with Crippen LogP contribution in [0.5, 0.6) is 0 Å². The molecule has 0 atom stereocenters. The molecule has 0 fully saturated rings. The molecule has 0 radical (unpaired) electrons. The Morgan fingerprint density at radius 3 is 1.54 bits per heavy atom. The van der Waals surface area contributed by atoms with E-state index >= 15 is 0 Å². The van der Waals surface area contributed by atoms with Crippen LogP contribution in [0, 0.1) is 0 Å². The SMILES string of the molecule is OC(CSc1c(Cl)cccc1Cl)(c1ccc(Cl)cc1)c1ccc(Cl)cc1. The molecule has 0 spiro atoms. The maximum Gasteiger partial charge on any atom is 0.124 e. The molecule has 0 saturated heterocycles. The van der Waals surface area contributed by atoms with Crippen LogP contribution in [0.1, 0.15) is 11.1 Å². The Hall–Kier alpha value is -0.870. The first-order valence-corrected chi connectivity index (χ1v) is 10.2. The van der Waals surface area contributed by atoms with Gasteiger partial charge in [-0.05, 0) is 47.5 Å². The number of thioether (sulfide) groups is 1. The van der Waals surface area contributed by atoms with Gasteiger partial charge < -0.3 is 5.11 Å². The smallest absolute Gasteiger partial charge is 0.124 e. The summed E-state index contributed by atoms with van der Waals surface area (Å²) >= 11 is 25.9. The third kappa shape index (κ3) is 4.33. The predicted molar refractivity (Wildman–Crippen MR) is 113 cm³/mol. The standard InChI is InChI=1S/C20H14Cl4OS/c21-15-8-4-13(5-9-15)20(25,14-6-10-16(22)11-7-14)12-26-19-17(23)2-1-3-18(19)24/h1-11,25H,12H2. The van der Waals surface area contributed by atoms with Gasteiger partial charge in [-0.15, -0.1) is 11.8 Å². The predicted octanol–water partition coefficient (Wildman–Crippen LogP) is 7.33. The molecule has 0 bridgehead atoms. The van der Waals surface area contributed by atoms with Crippen molar-refractivity contribution in [2.45, 2.75) is 10.5 Å². The second-order valence-corrected chi connectivity index (χ2v) is 8.39. The van der Waals surface area contributed by atoms with Crippen molar-refractivity contribution >= 4 is 58.2 Å². The van der Waals surface area contributed by atoms with Crippen LogP contribution >= 0.6 is 58.2 Å². The number of hydrogen-bond donors (Lipinski definition) is 1. The number of rotatable bonds is 5. The Morgan fingerprint density at radius 1 is 0.692 bits per heavy atom. The first-order chi connectivity index (χ1) is 12.4. The first kappa shape index (κ1) is 19.9. The molecular weight excluding hydrogens is 430 g/mol. The van der Waals surface area contributed by atoms with Crippen molar-refractivity contribution in [1.82, 2.24) is 0 Å². The van der Waals surface area contributed by atoms with Crippen LogP contribution in [-0.2, 0) is 5.60 Å².